The predicted octanol–water partition coefficient (Wildman–Crippen LogP) is 1.04. The number of nitrogens with zero attached hydrogens (tertiary/aromatic N) is 2. The lowest BCUT2D eigenvalue weighted by atomic mass is 10.1. The van der Waals surface area contributed by atoms with Gasteiger partial charge in [-0.15, -0.1) is 0 Å². The van der Waals surface area contributed by atoms with Gasteiger partial charge in [-0.25, -0.2) is 0 Å². The van der Waals surface area contributed by atoms with E-state index < -0.39 is 0 Å². The van der Waals surface area contributed by atoms with Crippen molar-refractivity contribution >= 4 is 11.6 Å². The van der Waals surface area contributed by atoms with Crippen LogP contribution in [-0.2, 0) is 4.79 Å². The van der Waals surface area contributed by atoms with Gasteiger partial charge in [0, 0.05) is 12.6 Å². The number of nitrogens with one attached hydrogen (secondary N) is 3. The summed E-state index contributed by atoms with van der Waals surface area (Å²) in [5, 5.41) is 13.3. The van der Waals surface area contributed by atoms with Crippen molar-refractivity contribution < 1.29 is 4.79 Å². The number of aromatic amines is 1. The van der Waals surface area contributed by atoms with E-state index in [1.54, 1.807) is 0 Å². The number of hydrogen-bond acceptors (Lipinski definition) is 4. The Labute approximate surface area is 120 Å². The average Bonchev–Trinajstić information content (AvgIpc) is 2.77. The minimum absolute atomic E-state index is 0.0324. The van der Waals surface area contributed by atoms with Gasteiger partial charge in [0.15, 0.2) is 0 Å². The Kier molecular flexibility index (Phi) is 5.14. The van der Waals surface area contributed by atoms with Crippen molar-refractivity contribution in [3.8, 4) is 0 Å². The zero-order valence-corrected chi connectivity index (χ0v) is 12.6. The number of piperidine rings is 1. The number of anilines is 1. The largest absolute Gasteiger partial charge is 0.322 e. The fraction of sp³-hybridized carbons (Fsp3) is 0.714. The number of likely N-dealkylation sites (N-methyl/N-ethyl adjacent to an activating group) is 1. The molecule has 0 bridgehead atoms. The van der Waals surface area contributed by atoms with Gasteiger partial charge in [-0.3, -0.25) is 14.8 Å². The lowest BCUT2D eigenvalue weighted by Crippen LogP contribution is -2.48. The van der Waals surface area contributed by atoms with Crippen molar-refractivity contribution in [3.63, 3.8) is 0 Å². The molecule has 6 nitrogen and oxygen atoms in total. The molecule has 0 aliphatic carbocycles. The highest BCUT2D eigenvalue weighted by Gasteiger charge is 2.22. The third kappa shape index (κ3) is 3.58. The maximum Gasteiger partial charge on any atom is 0.238 e. The smallest absolute Gasteiger partial charge is 0.238 e. The molecule has 2 rings (SSSR count). The molecule has 1 aliphatic rings. The first-order valence-corrected chi connectivity index (χ1v) is 7.38. The molecule has 6 heteroatoms. The molecule has 1 saturated heterocycles. The summed E-state index contributed by atoms with van der Waals surface area (Å²) >= 11 is 0. The van der Waals surface area contributed by atoms with E-state index in [2.05, 4.69) is 32.7 Å². The van der Waals surface area contributed by atoms with Gasteiger partial charge in [0.2, 0.25) is 5.91 Å². The van der Waals surface area contributed by atoms with Gasteiger partial charge < -0.3 is 10.6 Å². The molecule has 0 radical (unpaired) electrons. The molecule has 1 aromatic rings. The molecule has 1 aromatic heterocycles. The van der Waals surface area contributed by atoms with Crippen molar-refractivity contribution in [3.05, 3.63) is 11.4 Å². The molecule has 1 amide bonds. The molecule has 1 aliphatic heterocycles. The van der Waals surface area contributed by atoms with E-state index >= 15 is 0 Å². The van der Waals surface area contributed by atoms with Gasteiger partial charge in [0.25, 0.3) is 0 Å². The number of carbonyl (C=O) groups is 1. The van der Waals surface area contributed by atoms with Crippen molar-refractivity contribution in [2.24, 2.45) is 0 Å². The van der Waals surface area contributed by atoms with Gasteiger partial charge in [-0.1, -0.05) is 6.92 Å². The number of rotatable bonds is 5. The molecule has 20 heavy (non-hydrogen) atoms. The second kappa shape index (κ2) is 6.85. The number of aromatic nitrogens is 2. The Hall–Kier alpha value is -1.40. The van der Waals surface area contributed by atoms with Crippen LogP contribution in [0.25, 0.3) is 0 Å². The van der Waals surface area contributed by atoms with E-state index in [1.807, 2.05) is 13.8 Å². The van der Waals surface area contributed by atoms with Crippen molar-refractivity contribution in [2.45, 2.75) is 39.7 Å². The van der Waals surface area contributed by atoms with Gasteiger partial charge in [0.05, 0.1) is 23.6 Å². The minimum atomic E-state index is 0.0324. The molecule has 0 saturated carbocycles. The van der Waals surface area contributed by atoms with Crippen LogP contribution in [0, 0.1) is 13.8 Å². The molecule has 1 unspecified atom stereocenters. The monoisotopic (exact) mass is 279 g/mol. The van der Waals surface area contributed by atoms with E-state index in [0.29, 0.717) is 12.6 Å². The maximum atomic E-state index is 12.2. The van der Waals surface area contributed by atoms with Crippen LogP contribution in [0.1, 0.15) is 31.2 Å². The predicted molar refractivity (Wildman–Crippen MR) is 79.8 cm³/mol. The highest BCUT2D eigenvalue weighted by Crippen LogP contribution is 2.16. The van der Waals surface area contributed by atoms with Crippen LogP contribution in [0.15, 0.2) is 0 Å². The fourth-order valence-corrected chi connectivity index (χ4v) is 2.74. The maximum absolute atomic E-state index is 12.2. The zero-order chi connectivity index (χ0) is 14.5. The zero-order valence-electron chi connectivity index (χ0n) is 12.6. The normalized spacial score (nSPS) is 19.3. The number of H-pyrrole nitrogens is 1. The molecular weight excluding hydrogens is 254 g/mol. The van der Waals surface area contributed by atoms with E-state index in [4.69, 9.17) is 0 Å². The number of amides is 1. The van der Waals surface area contributed by atoms with Gasteiger partial charge in [-0.2, -0.15) is 5.10 Å². The summed E-state index contributed by atoms with van der Waals surface area (Å²) in [5.74, 6) is 0.0324. The van der Waals surface area contributed by atoms with Crippen LogP contribution in [0.4, 0.5) is 5.69 Å². The Morgan fingerprint density at radius 2 is 2.30 bits per heavy atom. The van der Waals surface area contributed by atoms with Gasteiger partial charge >= 0.3 is 0 Å². The van der Waals surface area contributed by atoms with Crippen molar-refractivity contribution in [1.29, 1.82) is 0 Å². The average molecular weight is 279 g/mol. The second-order valence-corrected chi connectivity index (χ2v) is 5.42. The Morgan fingerprint density at radius 1 is 1.50 bits per heavy atom. The Bertz CT molecular complexity index is 431. The Balaban J connectivity index is 1.92. The first-order chi connectivity index (χ1) is 9.61. The van der Waals surface area contributed by atoms with Crippen LogP contribution in [0.3, 0.4) is 0 Å². The van der Waals surface area contributed by atoms with E-state index in [9.17, 15) is 4.79 Å². The van der Waals surface area contributed by atoms with Crippen molar-refractivity contribution in [2.75, 3.05) is 31.5 Å². The second-order valence-electron chi connectivity index (χ2n) is 5.42. The quantitative estimate of drug-likeness (QED) is 0.753. The minimum Gasteiger partial charge on any atom is -0.322 e. The molecule has 1 fully saturated rings. The van der Waals surface area contributed by atoms with Crippen LogP contribution in [0.2, 0.25) is 0 Å². The topological polar surface area (TPSA) is 73.0 Å². The Morgan fingerprint density at radius 3 is 2.85 bits per heavy atom. The highest BCUT2D eigenvalue weighted by atomic mass is 16.2. The summed E-state index contributed by atoms with van der Waals surface area (Å²) in [5.41, 5.74) is 2.55. The lowest BCUT2D eigenvalue weighted by Gasteiger charge is -2.33. The molecule has 3 N–H and O–H groups in total. The van der Waals surface area contributed by atoms with E-state index in [1.165, 1.54) is 6.42 Å². The van der Waals surface area contributed by atoms with Crippen LogP contribution < -0.4 is 10.6 Å². The molecule has 1 atom stereocenters. The summed E-state index contributed by atoms with van der Waals surface area (Å²) in [6.45, 7) is 9.31. The summed E-state index contributed by atoms with van der Waals surface area (Å²) < 4.78 is 0. The number of hydrogen-bond donors (Lipinski definition) is 3. The SMILES string of the molecule is CCN(CC(=O)Nc1c(C)n[nH]c1C)C1CCCNC1. The van der Waals surface area contributed by atoms with Crippen molar-refractivity contribution in [1.82, 2.24) is 20.4 Å². The molecule has 2 heterocycles. The third-order valence-corrected chi connectivity index (χ3v) is 3.93. The first kappa shape index (κ1) is 15.0. The summed E-state index contributed by atoms with van der Waals surface area (Å²) in [7, 11) is 0. The van der Waals surface area contributed by atoms with E-state index in [0.717, 1.165) is 43.1 Å². The third-order valence-electron chi connectivity index (χ3n) is 3.93. The fourth-order valence-electron chi connectivity index (χ4n) is 2.74. The molecule has 112 valence electrons. The lowest BCUT2D eigenvalue weighted by molar-refractivity contribution is -0.117. The van der Waals surface area contributed by atoms with Gasteiger partial charge in [-0.05, 0) is 39.8 Å². The van der Waals surface area contributed by atoms with E-state index in [-0.39, 0.29) is 5.91 Å². The van der Waals surface area contributed by atoms with Crippen LogP contribution in [-0.4, -0.2) is 53.2 Å². The summed E-state index contributed by atoms with van der Waals surface area (Å²) in [6.07, 6.45) is 2.35. The highest BCUT2D eigenvalue weighted by molar-refractivity contribution is 5.93. The van der Waals surface area contributed by atoms with Crippen LogP contribution >= 0.6 is 0 Å². The summed E-state index contributed by atoms with van der Waals surface area (Å²) in [4.78, 5) is 14.5. The standard InChI is InChI=1S/C14H25N5O/c1-4-19(12-6-5-7-15-8-12)9-13(20)16-14-10(2)17-18-11(14)3/h12,15H,4-9H2,1-3H3,(H,16,20)(H,17,18). The van der Waals surface area contributed by atoms with Gasteiger partial charge in [0.1, 0.15) is 0 Å². The summed E-state index contributed by atoms with van der Waals surface area (Å²) in [6, 6.07) is 0.464. The number of aryl methyl sites for hydroxylation is 2. The first-order valence-electron chi connectivity index (χ1n) is 7.38. The number of carbonyl (C=O) groups excluding carboxylic acids is 1. The molecule has 0 aromatic carbocycles. The molecule has 0 spiro atoms. The van der Waals surface area contributed by atoms with Crippen LogP contribution in [0.5, 0.6) is 0 Å². The molecular formula is C14H25N5O.